The zero-order valence-electron chi connectivity index (χ0n) is 11.3. The number of benzene rings is 1. The van der Waals surface area contributed by atoms with Crippen LogP contribution in [0.3, 0.4) is 0 Å². The van der Waals surface area contributed by atoms with Crippen molar-refractivity contribution in [3.8, 4) is 0 Å². The highest BCUT2D eigenvalue weighted by molar-refractivity contribution is 9.10. The first-order valence-electron chi connectivity index (χ1n) is 6.95. The molecule has 2 amide bonds. The van der Waals surface area contributed by atoms with Crippen molar-refractivity contribution in [1.29, 1.82) is 0 Å². The highest BCUT2D eigenvalue weighted by Gasteiger charge is 2.52. The van der Waals surface area contributed by atoms with E-state index in [1.807, 2.05) is 0 Å². The number of carbonyl (C=O) groups excluding carboxylic acids is 2. The Morgan fingerprint density at radius 3 is 2.35 bits per heavy atom. The third-order valence-electron chi connectivity index (χ3n) is 4.55. The van der Waals surface area contributed by atoms with E-state index in [9.17, 15) is 9.59 Å². The quantitative estimate of drug-likeness (QED) is 0.667. The van der Waals surface area contributed by atoms with Gasteiger partial charge in [0.05, 0.1) is 17.5 Å². The number of nitrogens with zero attached hydrogens (tertiary/aromatic N) is 1. The van der Waals surface area contributed by atoms with Gasteiger partial charge in [-0.15, -0.1) is 0 Å². The number of anilines is 2. The lowest BCUT2D eigenvalue weighted by Gasteiger charge is -2.18. The second-order valence-electron chi connectivity index (χ2n) is 5.68. The van der Waals surface area contributed by atoms with Gasteiger partial charge in [-0.3, -0.25) is 9.59 Å². The van der Waals surface area contributed by atoms with Crippen molar-refractivity contribution < 1.29 is 9.59 Å². The van der Waals surface area contributed by atoms with E-state index in [0.29, 0.717) is 17.3 Å². The minimum Gasteiger partial charge on any atom is -0.398 e. The maximum atomic E-state index is 12.5. The summed E-state index contributed by atoms with van der Waals surface area (Å²) in [5, 5.41) is 0. The number of nitrogens with two attached hydrogens (primary N) is 1. The number of amides is 2. The van der Waals surface area contributed by atoms with E-state index in [-0.39, 0.29) is 23.7 Å². The topological polar surface area (TPSA) is 63.4 Å². The fourth-order valence-electron chi connectivity index (χ4n) is 3.39. The highest BCUT2D eigenvalue weighted by Crippen LogP contribution is 2.45. The first-order chi connectivity index (χ1) is 9.52. The van der Waals surface area contributed by atoms with Crippen LogP contribution in [0, 0.1) is 17.8 Å². The summed E-state index contributed by atoms with van der Waals surface area (Å²) in [5.74, 6) is 0.139. The van der Waals surface area contributed by atoms with Crippen LogP contribution in [0.15, 0.2) is 22.7 Å². The van der Waals surface area contributed by atoms with Crippen molar-refractivity contribution in [2.24, 2.45) is 17.8 Å². The van der Waals surface area contributed by atoms with Crippen LogP contribution in [0.4, 0.5) is 11.4 Å². The molecule has 1 saturated carbocycles. The van der Waals surface area contributed by atoms with Crippen molar-refractivity contribution in [2.75, 3.05) is 10.6 Å². The van der Waals surface area contributed by atoms with Gasteiger partial charge in [-0.25, -0.2) is 4.90 Å². The Morgan fingerprint density at radius 1 is 1.25 bits per heavy atom. The van der Waals surface area contributed by atoms with E-state index in [4.69, 9.17) is 5.73 Å². The molecule has 4 nitrogen and oxygen atoms in total. The van der Waals surface area contributed by atoms with Crippen LogP contribution >= 0.6 is 15.9 Å². The molecule has 1 aromatic rings. The van der Waals surface area contributed by atoms with E-state index in [2.05, 4.69) is 22.9 Å². The van der Waals surface area contributed by atoms with Gasteiger partial charge in [0.2, 0.25) is 11.8 Å². The zero-order chi connectivity index (χ0) is 14.4. The summed E-state index contributed by atoms with van der Waals surface area (Å²) < 4.78 is 0.770. The Kier molecular flexibility index (Phi) is 3.32. The van der Waals surface area contributed by atoms with Gasteiger partial charge in [0.25, 0.3) is 0 Å². The molecular formula is C15H17BrN2O2. The fraction of sp³-hybridized carbons (Fsp3) is 0.467. The van der Waals surface area contributed by atoms with Crippen LogP contribution in [0.25, 0.3) is 0 Å². The van der Waals surface area contributed by atoms with Gasteiger partial charge in [-0.2, -0.15) is 0 Å². The van der Waals surface area contributed by atoms with Crippen molar-refractivity contribution in [2.45, 2.75) is 26.2 Å². The second-order valence-corrected chi connectivity index (χ2v) is 6.53. The van der Waals surface area contributed by atoms with Crippen LogP contribution < -0.4 is 10.6 Å². The highest BCUT2D eigenvalue weighted by atomic mass is 79.9. The average Bonchev–Trinajstić information content (AvgIpc) is 2.94. The van der Waals surface area contributed by atoms with Crippen LogP contribution in [-0.2, 0) is 9.59 Å². The molecule has 1 aromatic carbocycles. The molecule has 0 spiro atoms. The molecule has 106 valence electrons. The molecular weight excluding hydrogens is 320 g/mol. The number of hydrogen-bond donors (Lipinski definition) is 1. The molecule has 2 N–H and O–H groups in total. The van der Waals surface area contributed by atoms with Gasteiger partial charge in [0, 0.05) is 10.2 Å². The Morgan fingerprint density at radius 2 is 1.85 bits per heavy atom. The van der Waals surface area contributed by atoms with Gasteiger partial charge in [-0.05, 0) is 52.9 Å². The number of halogens is 1. The average molecular weight is 337 g/mol. The smallest absolute Gasteiger partial charge is 0.237 e. The van der Waals surface area contributed by atoms with Gasteiger partial charge in [-0.1, -0.05) is 13.3 Å². The number of rotatable bonds is 2. The number of imide groups is 1. The number of nitrogen functional groups attached to an aromatic ring is 1. The summed E-state index contributed by atoms with van der Waals surface area (Å²) in [6.45, 7) is 2.12. The first kappa shape index (κ1) is 13.6. The van der Waals surface area contributed by atoms with Crippen molar-refractivity contribution in [1.82, 2.24) is 0 Å². The number of fused-ring (bicyclic) bond motifs is 1. The minimum atomic E-state index is -0.127. The molecule has 2 aliphatic rings. The molecule has 20 heavy (non-hydrogen) atoms. The third-order valence-corrected chi connectivity index (χ3v) is 5.27. The molecule has 3 rings (SSSR count). The van der Waals surface area contributed by atoms with Gasteiger partial charge >= 0.3 is 0 Å². The Hall–Kier alpha value is -1.36. The Balaban J connectivity index is 1.91. The maximum Gasteiger partial charge on any atom is 0.237 e. The monoisotopic (exact) mass is 336 g/mol. The molecule has 1 aliphatic heterocycles. The molecule has 0 aromatic heterocycles. The van der Waals surface area contributed by atoms with Crippen molar-refractivity contribution >= 4 is 39.1 Å². The summed E-state index contributed by atoms with van der Waals surface area (Å²) in [4.78, 5) is 26.3. The van der Waals surface area contributed by atoms with Crippen LogP contribution in [0.5, 0.6) is 0 Å². The van der Waals surface area contributed by atoms with Crippen LogP contribution in [0.1, 0.15) is 26.2 Å². The molecule has 2 unspecified atom stereocenters. The Bertz CT molecular complexity index is 563. The van der Waals surface area contributed by atoms with Crippen molar-refractivity contribution in [3.05, 3.63) is 22.7 Å². The predicted molar refractivity (Wildman–Crippen MR) is 81.0 cm³/mol. The molecule has 2 atom stereocenters. The standard InChI is InChI=1S/C15H17BrN2O2/c1-2-8-5-10-11(6-8)15(20)18(14(10)19)9-3-4-12(16)13(17)7-9/h3-4,7-8,10-11H,2,5-6,17H2,1H3. The molecule has 5 heteroatoms. The van der Waals surface area contributed by atoms with E-state index in [1.165, 1.54) is 4.90 Å². The third kappa shape index (κ3) is 1.95. The SMILES string of the molecule is CCC1CC2C(=O)N(c3ccc(Br)c(N)c3)C(=O)C2C1. The van der Waals surface area contributed by atoms with Crippen LogP contribution in [-0.4, -0.2) is 11.8 Å². The van der Waals surface area contributed by atoms with E-state index in [0.717, 1.165) is 23.7 Å². The molecule has 2 fully saturated rings. The van der Waals surface area contributed by atoms with E-state index >= 15 is 0 Å². The molecule has 1 heterocycles. The van der Waals surface area contributed by atoms with Crippen LogP contribution in [0.2, 0.25) is 0 Å². The van der Waals surface area contributed by atoms with Gasteiger partial charge < -0.3 is 5.73 Å². The molecule has 0 radical (unpaired) electrons. The van der Waals surface area contributed by atoms with Gasteiger partial charge in [0.1, 0.15) is 0 Å². The van der Waals surface area contributed by atoms with Crippen molar-refractivity contribution in [3.63, 3.8) is 0 Å². The molecule has 0 bridgehead atoms. The molecule has 1 saturated heterocycles. The second kappa shape index (κ2) is 4.88. The number of carbonyl (C=O) groups is 2. The summed E-state index contributed by atoms with van der Waals surface area (Å²) >= 11 is 3.32. The predicted octanol–water partition coefficient (Wildman–Crippen LogP) is 2.96. The fourth-order valence-corrected chi connectivity index (χ4v) is 3.63. The number of hydrogen-bond acceptors (Lipinski definition) is 3. The first-order valence-corrected chi connectivity index (χ1v) is 7.75. The van der Waals surface area contributed by atoms with E-state index in [1.54, 1.807) is 18.2 Å². The minimum absolute atomic E-state index is 0.0577. The summed E-state index contributed by atoms with van der Waals surface area (Å²) in [6, 6.07) is 5.21. The molecule has 1 aliphatic carbocycles. The van der Waals surface area contributed by atoms with E-state index < -0.39 is 0 Å². The van der Waals surface area contributed by atoms with Gasteiger partial charge in [0.15, 0.2) is 0 Å². The lowest BCUT2D eigenvalue weighted by molar-refractivity contribution is -0.123. The Labute approximate surface area is 126 Å². The summed E-state index contributed by atoms with van der Waals surface area (Å²) in [5.41, 5.74) is 6.96. The summed E-state index contributed by atoms with van der Waals surface area (Å²) in [6.07, 6.45) is 2.72. The lowest BCUT2D eigenvalue weighted by atomic mass is 10.00. The summed E-state index contributed by atoms with van der Waals surface area (Å²) in [7, 11) is 0. The zero-order valence-corrected chi connectivity index (χ0v) is 12.9. The maximum absolute atomic E-state index is 12.5. The largest absolute Gasteiger partial charge is 0.398 e. The normalized spacial score (nSPS) is 29.1. The lowest BCUT2D eigenvalue weighted by Crippen LogP contribution is -2.32.